The largest absolute Gasteiger partial charge is 0.493 e. The predicted octanol–water partition coefficient (Wildman–Crippen LogP) is 6.04. The third-order valence-corrected chi connectivity index (χ3v) is 5.53. The van der Waals surface area contributed by atoms with Gasteiger partial charge in [0.15, 0.2) is 17.1 Å². The Bertz CT molecular complexity index is 1340. The molecule has 0 saturated carbocycles. The number of benzene rings is 3. The van der Waals surface area contributed by atoms with Crippen molar-refractivity contribution in [3.8, 4) is 28.7 Å². The Hall–Kier alpha value is -3.71. The van der Waals surface area contributed by atoms with E-state index >= 15 is 0 Å². The van der Waals surface area contributed by atoms with Gasteiger partial charge in [-0.05, 0) is 61.4 Å². The normalized spacial score (nSPS) is 10.8. The summed E-state index contributed by atoms with van der Waals surface area (Å²) in [5, 5.41) is 3.33. The van der Waals surface area contributed by atoms with E-state index < -0.39 is 0 Å². The summed E-state index contributed by atoms with van der Waals surface area (Å²) in [7, 11) is 4.49. The zero-order valence-corrected chi connectivity index (χ0v) is 19.7. The summed E-state index contributed by atoms with van der Waals surface area (Å²) in [5.41, 5.74) is 5.00. The number of carbonyl (C=O) groups is 1. The molecule has 7 nitrogen and oxygen atoms in total. The van der Waals surface area contributed by atoms with Crippen LogP contribution in [-0.2, 0) is 0 Å². The van der Waals surface area contributed by atoms with Gasteiger partial charge in [-0.1, -0.05) is 17.7 Å². The number of methoxy groups -OCH3 is 3. The second kappa shape index (κ2) is 9.03. The molecule has 8 heteroatoms. The Balaban J connectivity index is 1.68. The van der Waals surface area contributed by atoms with Crippen LogP contribution < -0.4 is 19.5 Å². The smallest absolute Gasteiger partial charge is 0.255 e. The van der Waals surface area contributed by atoms with Crippen LogP contribution in [0.4, 0.5) is 5.69 Å². The molecule has 0 atom stereocenters. The molecule has 0 saturated heterocycles. The van der Waals surface area contributed by atoms with E-state index in [1.54, 1.807) is 30.3 Å². The van der Waals surface area contributed by atoms with Crippen LogP contribution in [0.3, 0.4) is 0 Å². The van der Waals surface area contributed by atoms with Gasteiger partial charge in [0.25, 0.3) is 5.91 Å². The van der Waals surface area contributed by atoms with Crippen molar-refractivity contribution in [3.63, 3.8) is 0 Å². The van der Waals surface area contributed by atoms with E-state index in [2.05, 4.69) is 10.3 Å². The van der Waals surface area contributed by atoms with Gasteiger partial charge in [0, 0.05) is 11.3 Å². The van der Waals surface area contributed by atoms with E-state index in [0.717, 1.165) is 16.6 Å². The van der Waals surface area contributed by atoms with Crippen LogP contribution in [0.25, 0.3) is 22.6 Å². The van der Waals surface area contributed by atoms with Gasteiger partial charge in [-0.25, -0.2) is 4.98 Å². The van der Waals surface area contributed by atoms with Crippen LogP contribution in [0.15, 0.2) is 46.9 Å². The maximum atomic E-state index is 13.0. The molecule has 170 valence electrons. The molecule has 0 bridgehead atoms. The van der Waals surface area contributed by atoms with Crippen molar-refractivity contribution in [2.45, 2.75) is 13.8 Å². The molecule has 1 amide bonds. The Labute approximate surface area is 196 Å². The number of halogens is 1. The number of amides is 1. The molecule has 3 aromatic carbocycles. The van der Waals surface area contributed by atoms with Gasteiger partial charge in [-0.2, -0.15) is 0 Å². The average Bonchev–Trinajstić information content (AvgIpc) is 3.23. The van der Waals surface area contributed by atoms with E-state index in [4.69, 9.17) is 30.2 Å². The lowest BCUT2D eigenvalue weighted by atomic mass is 10.1. The fourth-order valence-corrected chi connectivity index (χ4v) is 3.87. The molecule has 4 aromatic rings. The van der Waals surface area contributed by atoms with Gasteiger partial charge in [-0.3, -0.25) is 4.79 Å². The quantitative estimate of drug-likeness (QED) is 0.373. The van der Waals surface area contributed by atoms with Crippen LogP contribution in [0.2, 0.25) is 5.02 Å². The van der Waals surface area contributed by atoms with Crippen LogP contribution >= 0.6 is 11.6 Å². The summed E-state index contributed by atoms with van der Waals surface area (Å²) in [6.45, 7) is 3.98. The van der Waals surface area contributed by atoms with Crippen molar-refractivity contribution in [2.24, 2.45) is 0 Å². The molecule has 0 aliphatic heterocycles. The molecule has 4 rings (SSSR count). The van der Waals surface area contributed by atoms with E-state index in [0.29, 0.717) is 50.6 Å². The summed E-state index contributed by atoms with van der Waals surface area (Å²) in [5.74, 6) is 1.21. The van der Waals surface area contributed by atoms with E-state index in [1.807, 2.05) is 26.0 Å². The highest BCUT2D eigenvalue weighted by atomic mass is 35.5. The van der Waals surface area contributed by atoms with E-state index in [1.165, 1.54) is 21.3 Å². The minimum Gasteiger partial charge on any atom is -0.493 e. The Kier molecular flexibility index (Phi) is 6.16. The van der Waals surface area contributed by atoms with Gasteiger partial charge < -0.3 is 23.9 Å². The minimum absolute atomic E-state index is 0.342. The first kappa shape index (κ1) is 22.5. The van der Waals surface area contributed by atoms with E-state index in [-0.39, 0.29) is 5.91 Å². The number of aromatic nitrogens is 1. The third kappa shape index (κ3) is 4.32. The summed E-state index contributed by atoms with van der Waals surface area (Å²) >= 11 is 6.44. The van der Waals surface area contributed by atoms with E-state index in [9.17, 15) is 4.79 Å². The number of nitrogens with one attached hydrogen (secondary N) is 1. The first-order valence-corrected chi connectivity index (χ1v) is 10.5. The lowest BCUT2D eigenvalue weighted by molar-refractivity contribution is 0.102. The zero-order chi connectivity index (χ0) is 23.7. The number of carbonyl (C=O) groups excluding carboxylic acids is 1. The summed E-state index contributed by atoms with van der Waals surface area (Å²) < 4.78 is 22.0. The third-order valence-electron chi connectivity index (χ3n) is 5.20. The minimum atomic E-state index is -0.355. The Morgan fingerprint density at radius 3 is 2.30 bits per heavy atom. The standard InChI is InChI=1S/C25H23ClN2O5/c1-13-8-14(2)22-19(9-13)28-25(33-22)17-12-16(6-7-18(17)26)27-24(29)15-10-20(30-3)23(32-5)21(11-15)31-4/h6-12H,1-5H3,(H,27,29). The highest BCUT2D eigenvalue weighted by molar-refractivity contribution is 6.33. The van der Waals surface area contributed by atoms with Gasteiger partial charge in [-0.15, -0.1) is 0 Å². The molecule has 1 N–H and O–H groups in total. The van der Waals surface area contributed by atoms with Crippen LogP contribution in [-0.4, -0.2) is 32.2 Å². The second-order valence-corrected chi connectivity index (χ2v) is 7.92. The number of rotatable bonds is 6. The fourth-order valence-electron chi connectivity index (χ4n) is 3.67. The van der Waals surface area contributed by atoms with Crippen molar-refractivity contribution in [2.75, 3.05) is 26.6 Å². The summed E-state index contributed by atoms with van der Waals surface area (Å²) in [4.78, 5) is 17.6. The molecule has 0 fully saturated rings. The predicted molar refractivity (Wildman–Crippen MR) is 128 cm³/mol. The molecule has 0 spiro atoms. The first-order valence-electron chi connectivity index (χ1n) is 10.1. The Morgan fingerprint density at radius 1 is 0.970 bits per heavy atom. The van der Waals surface area contributed by atoms with Crippen molar-refractivity contribution in [1.82, 2.24) is 4.98 Å². The maximum Gasteiger partial charge on any atom is 0.255 e. The number of nitrogens with zero attached hydrogens (tertiary/aromatic N) is 1. The summed E-state index contributed by atoms with van der Waals surface area (Å²) in [6, 6.07) is 12.3. The van der Waals surface area contributed by atoms with Crippen LogP contribution in [0.1, 0.15) is 21.5 Å². The van der Waals surface area contributed by atoms with Gasteiger partial charge in [0.05, 0.1) is 31.9 Å². The number of anilines is 1. The number of hydrogen-bond acceptors (Lipinski definition) is 6. The highest BCUT2D eigenvalue weighted by Crippen LogP contribution is 2.39. The molecule has 0 radical (unpaired) electrons. The van der Waals surface area contributed by atoms with Gasteiger partial charge in [0.1, 0.15) is 5.52 Å². The topological polar surface area (TPSA) is 82.8 Å². The van der Waals surface area contributed by atoms with Crippen molar-refractivity contribution in [1.29, 1.82) is 0 Å². The van der Waals surface area contributed by atoms with Crippen molar-refractivity contribution >= 4 is 34.3 Å². The van der Waals surface area contributed by atoms with Crippen molar-refractivity contribution in [3.05, 3.63) is 64.2 Å². The lowest BCUT2D eigenvalue weighted by Crippen LogP contribution is -2.12. The zero-order valence-electron chi connectivity index (χ0n) is 18.9. The maximum absolute atomic E-state index is 13.0. The molecule has 0 unspecified atom stereocenters. The monoisotopic (exact) mass is 466 g/mol. The van der Waals surface area contributed by atoms with Crippen LogP contribution in [0, 0.1) is 13.8 Å². The average molecular weight is 467 g/mol. The molecule has 0 aliphatic carbocycles. The number of hydrogen-bond donors (Lipinski definition) is 1. The van der Waals surface area contributed by atoms with Crippen molar-refractivity contribution < 1.29 is 23.4 Å². The van der Waals surface area contributed by atoms with Gasteiger partial charge in [0.2, 0.25) is 11.6 Å². The van der Waals surface area contributed by atoms with Crippen LogP contribution in [0.5, 0.6) is 17.2 Å². The summed E-state index contributed by atoms with van der Waals surface area (Å²) in [6.07, 6.45) is 0. The second-order valence-electron chi connectivity index (χ2n) is 7.51. The number of oxazole rings is 1. The Morgan fingerprint density at radius 2 is 1.67 bits per heavy atom. The molecule has 33 heavy (non-hydrogen) atoms. The molecular formula is C25H23ClN2O5. The number of ether oxygens (including phenoxy) is 3. The first-order chi connectivity index (χ1) is 15.8. The fraction of sp³-hybridized carbons (Fsp3) is 0.200. The SMILES string of the molecule is COc1cc(C(=O)Nc2ccc(Cl)c(-c3nc4cc(C)cc(C)c4o3)c2)cc(OC)c1OC. The number of fused-ring (bicyclic) bond motifs is 1. The highest BCUT2D eigenvalue weighted by Gasteiger charge is 2.19. The molecular weight excluding hydrogens is 444 g/mol. The lowest BCUT2D eigenvalue weighted by Gasteiger charge is -2.14. The molecule has 1 heterocycles. The number of aryl methyl sites for hydroxylation is 2. The van der Waals surface area contributed by atoms with Gasteiger partial charge >= 0.3 is 0 Å². The molecule has 0 aliphatic rings. The molecule has 1 aromatic heterocycles.